The van der Waals surface area contributed by atoms with Crippen LogP contribution in [0.25, 0.3) is 22.8 Å². The van der Waals surface area contributed by atoms with Crippen LogP contribution in [0.2, 0.25) is 0 Å². The minimum absolute atomic E-state index is 0. The van der Waals surface area contributed by atoms with Gasteiger partial charge < -0.3 is 11.0 Å². The van der Waals surface area contributed by atoms with Crippen LogP contribution >= 0.6 is 0 Å². The van der Waals surface area contributed by atoms with E-state index in [1.54, 1.807) is 24.8 Å². The van der Waals surface area contributed by atoms with Crippen LogP contribution in [0.4, 0.5) is 0 Å². The van der Waals surface area contributed by atoms with Crippen molar-refractivity contribution in [2.45, 2.75) is 0 Å². The fourth-order valence-corrected chi connectivity index (χ4v) is 2.06. The zero-order valence-corrected chi connectivity index (χ0v) is 21.0. The van der Waals surface area contributed by atoms with Gasteiger partial charge in [-0.1, -0.05) is 24.3 Å². The van der Waals surface area contributed by atoms with Crippen molar-refractivity contribution in [1.82, 2.24) is 19.9 Å². The summed E-state index contributed by atoms with van der Waals surface area (Å²) in [4.78, 5) is 16.7. The molecule has 0 unspecified atom stereocenters. The van der Waals surface area contributed by atoms with Crippen LogP contribution in [0.5, 0.6) is 0 Å². The molecular weight excluding hydrogens is 586 g/mol. The number of aromatic nitrogens is 4. The predicted molar refractivity (Wildman–Crippen MR) is 105 cm³/mol. The van der Waals surface area contributed by atoms with E-state index in [2.05, 4.69) is 19.9 Å². The SMILES string of the molecule is [Ni+2].[O-][Cl+3]([O-])([O-])[O-].[O-][Cl+3]([O-])([O-])[O-].[OH3+].[OH3+].c1ccc(-c2ccccn2)nc1.c1ccc(-c2ccccn2)nc1. The second kappa shape index (κ2) is 20.3. The van der Waals surface area contributed by atoms with Gasteiger partial charge in [0.05, 0.1) is 22.8 Å². The van der Waals surface area contributed by atoms with Gasteiger partial charge in [0.15, 0.2) is 0 Å². The number of halogens is 2. The van der Waals surface area contributed by atoms with Crippen LogP contribution in [0, 0.1) is 20.5 Å². The molecule has 0 aliphatic rings. The molecule has 204 valence electrons. The summed E-state index contributed by atoms with van der Waals surface area (Å²) in [6.45, 7) is 0. The standard InChI is InChI=1S/2C10H8N2.2ClHO4.Ni.2H2O/c2*1-3-7-11-9(5-1)10-6-2-4-8-12-10;2*2-1(3,4)5;;;/h2*1-8H;2*(H,2,3,4,5);;2*1H2/q;;;;+2;;. The topological polar surface area (TPSA) is 302 Å². The van der Waals surface area contributed by atoms with E-state index in [4.69, 9.17) is 37.3 Å². The number of nitrogens with zero attached hydrogens (tertiary/aromatic N) is 4. The summed E-state index contributed by atoms with van der Waals surface area (Å²) in [5.41, 5.74) is 3.66. The van der Waals surface area contributed by atoms with Gasteiger partial charge >= 0.3 is 16.5 Å². The average molecular weight is 608 g/mol. The van der Waals surface area contributed by atoms with Gasteiger partial charge in [-0.05, 0) is 48.5 Å². The fourth-order valence-electron chi connectivity index (χ4n) is 2.06. The van der Waals surface area contributed by atoms with E-state index in [-0.39, 0.29) is 27.4 Å². The van der Waals surface area contributed by atoms with Gasteiger partial charge in [-0.2, -0.15) is 0 Å². The first kappa shape index (κ1) is 38.8. The normalized spacial score (nSPS) is 9.51. The van der Waals surface area contributed by atoms with Gasteiger partial charge in [-0.15, -0.1) is 20.5 Å². The van der Waals surface area contributed by atoms with E-state index in [0.29, 0.717) is 0 Å². The molecule has 0 saturated heterocycles. The first-order valence-electron chi connectivity index (χ1n) is 8.82. The van der Waals surface area contributed by atoms with Crippen molar-refractivity contribution in [3.63, 3.8) is 0 Å². The molecule has 0 saturated carbocycles. The quantitative estimate of drug-likeness (QED) is 0.151. The molecule has 6 N–H and O–H groups in total. The second-order valence-corrected chi connectivity index (χ2v) is 7.13. The summed E-state index contributed by atoms with van der Waals surface area (Å²) in [6, 6.07) is 23.2. The molecule has 0 spiro atoms. The molecule has 4 rings (SSSR count). The Balaban J connectivity index is -0.000000439. The van der Waals surface area contributed by atoms with E-state index in [9.17, 15) is 0 Å². The number of hydrogen-bond donors (Lipinski definition) is 0. The number of rotatable bonds is 2. The van der Waals surface area contributed by atoms with Crippen molar-refractivity contribution in [2.24, 2.45) is 0 Å². The summed E-state index contributed by atoms with van der Waals surface area (Å²) >= 11 is 0. The van der Waals surface area contributed by atoms with Crippen LogP contribution in [-0.4, -0.2) is 19.9 Å². The molecule has 0 aromatic carbocycles. The van der Waals surface area contributed by atoms with Crippen molar-refractivity contribution in [1.29, 1.82) is 0 Å². The zero-order chi connectivity index (χ0) is 25.5. The molecule has 17 heteroatoms. The Morgan fingerprint density at radius 3 is 0.649 bits per heavy atom. The summed E-state index contributed by atoms with van der Waals surface area (Å²) in [5, 5.41) is 0. The van der Waals surface area contributed by atoms with Gasteiger partial charge in [0.25, 0.3) is 0 Å². The Labute approximate surface area is 225 Å². The van der Waals surface area contributed by atoms with Crippen molar-refractivity contribution in [3.05, 3.63) is 97.6 Å². The average Bonchev–Trinajstić information content (AvgIpc) is 2.80. The van der Waals surface area contributed by atoms with Crippen LogP contribution in [0.3, 0.4) is 0 Å². The predicted octanol–water partition coefficient (Wildman–Crippen LogP) is -7.07. The minimum atomic E-state index is -4.94. The molecule has 4 aromatic rings. The molecule has 4 aromatic heterocycles. The maximum Gasteiger partial charge on any atom is 2.00 e. The van der Waals surface area contributed by atoms with Gasteiger partial charge in [-0.3, -0.25) is 19.9 Å². The Morgan fingerprint density at radius 2 is 0.541 bits per heavy atom. The van der Waals surface area contributed by atoms with Crippen molar-refractivity contribution in [2.75, 3.05) is 0 Å². The van der Waals surface area contributed by atoms with E-state index in [0.717, 1.165) is 22.8 Å². The third-order valence-corrected chi connectivity index (χ3v) is 3.18. The number of pyridine rings is 4. The smallest absolute Gasteiger partial charge is 0.457 e. The maximum absolute atomic E-state index is 8.49. The molecule has 0 aliphatic heterocycles. The van der Waals surface area contributed by atoms with E-state index < -0.39 is 20.5 Å². The second-order valence-electron chi connectivity index (χ2n) is 5.62. The third-order valence-electron chi connectivity index (χ3n) is 3.18. The van der Waals surface area contributed by atoms with Crippen LogP contribution in [-0.2, 0) is 27.4 Å². The summed E-state index contributed by atoms with van der Waals surface area (Å²) in [6.07, 6.45) is 7.07. The largest absolute Gasteiger partial charge is 2.00 e. The van der Waals surface area contributed by atoms with Crippen LogP contribution in [0.1, 0.15) is 0 Å². The Kier molecular flexibility index (Phi) is 21.3. The zero-order valence-electron chi connectivity index (χ0n) is 18.5. The van der Waals surface area contributed by atoms with E-state index in [1.165, 1.54) is 0 Å². The van der Waals surface area contributed by atoms with Crippen LogP contribution in [0.15, 0.2) is 97.6 Å². The van der Waals surface area contributed by atoms with Gasteiger partial charge in [0.1, 0.15) is 0 Å². The number of hydrogen-bond acceptors (Lipinski definition) is 12. The van der Waals surface area contributed by atoms with Crippen molar-refractivity contribution in [3.8, 4) is 22.8 Å². The maximum atomic E-state index is 8.49. The molecule has 37 heavy (non-hydrogen) atoms. The molecule has 0 aliphatic carbocycles. The molecule has 0 amide bonds. The van der Waals surface area contributed by atoms with Gasteiger partial charge in [-0.25, -0.2) is 37.3 Å². The Bertz CT molecular complexity index is 877. The van der Waals surface area contributed by atoms with Crippen molar-refractivity contribution < 1.29 is 85.2 Å². The van der Waals surface area contributed by atoms with Gasteiger partial charge in [0, 0.05) is 24.8 Å². The summed E-state index contributed by atoms with van der Waals surface area (Å²) < 4.78 is 67.9. The molecule has 14 nitrogen and oxygen atoms in total. The minimum Gasteiger partial charge on any atom is -0.457 e. The van der Waals surface area contributed by atoms with E-state index >= 15 is 0 Å². The first-order valence-corrected chi connectivity index (χ1v) is 11.3. The molecular formula is C20H22Cl2N4NiO10+2. The first-order chi connectivity index (χ1) is 15.9. The Morgan fingerprint density at radius 1 is 0.378 bits per heavy atom. The molecule has 0 bridgehead atoms. The molecule has 0 fully saturated rings. The van der Waals surface area contributed by atoms with Crippen molar-refractivity contribution >= 4 is 0 Å². The molecule has 0 radical (unpaired) electrons. The molecule has 0 atom stereocenters. The molecule has 4 heterocycles. The van der Waals surface area contributed by atoms with E-state index in [1.807, 2.05) is 72.8 Å². The monoisotopic (exact) mass is 606 g/mol. The Hall–Kier alpha value is -2.73. The van der Waals surface area contributed by atoms with Crippen LogP contribution < -0.4 is 37.3 Å². The summed E-state index contributed by atoms with van der Waals surface area (Å²) in [5.74, 6) is 0. The fraction of sp³-hybridized carbons (Fsp3) is 0. The third kappa shape index (κ3) is 23.4. The summed E-state index contributed by atoms with van der Waals surface area (Å²) in [7, 11) is -9.89. The van der Waals surface area contributed by atoms with Gasteiger partial charge in [0.2, 0.25) is 0 Å².